The second kappa shape index (κ2) is 6.70. The summed E-state index contributed by atoms with van der Waals surface area (Å²) in [5, 5.41) is 3.23. The highest BCUT2D eigenvalue weighted by molar-refractivity contribution is 8.13. The molecule has 1 amide bonds. The highest BCUT2D eigenvalue weighted by Gasteiger charge is 2.32. The average Bonchev–Trinajstić information content (AvgIpc) is 3.07. The number of benzene rings is 1. The Hall–Kier alpha value is -2.87. The maximum absolute atomic E-state index is 14.5. The van der Waals surface area contributed by atoms with Crippen molar-refractivity contribution in [3.63, 3.8) is 0 Å². The van der Waals surface area contributed by atoms with E-state index in [4.69, 9.17) is 5.73 Å². The number of imidazole rings is 1. The fraction of sp³-hybridized carbons (Fsp3) is 0.211. The van der Waals surface area contributed by atoms with Crippen molar-refractivity contribution in [2.45, 2.75) is 18.9 Å². The number of halogens is 1. The predicted octanol–water partition coefficient (Wildman–Crippen LogP) is 3.39. The van der Waals surface area contributed by atoms with Crippen LogP contribution in [0.5, 0.6) is 0 Å². The number of hydrogen-bond donors (Lipinski definition) is 2. The molecule has 1 aliphatic rings. The maximum Gasteiger partial charge on any atom is 0.275 e. The number of aromatic nitrogens is 2. The van der Waals surface area contributed by atoms with Gasteiger partial charge in [0.15, 0.2) is 5.17 Å². The van der Waals surface area contributed by atoms with Gasteiger partial charge in [0.1, 0.15) is 17.2 Å². The Morgan fingerprint density at radius 3 is 3.00 bits per heavy atom. The minimum Gasteiger partial charge on any atom is -0.379 e. The van der Waals surface area contributed by atoms with Crippen molar-refractivity contribution in [2.24, 2.45) is 10.7 Å². The van der Waals surface area contributed by atoms with Crippen molar-refractivity contribution in [1.29, 1.82) is 0 Å². The summed E-state index contributed by atoms with van der Waals surface area (Å²) in [6.45, 7) is 1.85. The van der Waals surface area contributed by atoms with Crippen molar-refractivity contribution in [2.75, 3.05) is 11.1 Å². The number of carbonyl (C=O) groups excluding carboxylic acids is 1. The van der Waals surface area contributed by atoms with Gasteiger partial charge in [-0.05, 0) is 43.7 Å². The van der Waals surface area contributed by atoms with Gasteiger partial charge in [0.05, 0.1) is 5.54 Å². The van der Waals surface area contributed by atoms with Gasteiger partial charge in [-0.1, -0.05) is 17.8 Å². The van der Waals surface area contributed by atoms with Crippen molar-refractivity contribution >= 4 is 34.2 Å². The SMILES string of the molecule is CC1(c2cc(NC(=O)c3cn4ccccc4n3)ccc2F)CCSC(N)=N1. The summed E-state index contributed by atoms with van der Waals surface area (Å²) in [6, 6.07) is 10.0. The molecule has 138 valence electrons. The van der Waals surface area contributed by atoms with E-state index in [0.717, 1.165) is 5.75 Å². The number of nitrogens with zero attached hydrogens (tertiary/aromatic N) is 3. The van der Waals surface area contributed by atoms with Crippen LogP contribution in [-0.2, 0) is 5.54 Å². The van der Waals surface area contributed by atoms with E-state index in [1.165, 1.54) is 23.9 Å². The van der Waals surface area contributed by atoms with Gasteiger partial charge >= 0.3 is 0 Å². The largest absolute Gasteiger partial charge is 0.379 e. The summed E-state index contributed by atoms with van der Waals surface area (Å²) in [5.41, 5.74) is 6.96. The normalized spacial score (nSPS) is 19.7. The number of carbonyl (C=O) groups is 1. The molecule has 3 N–H and O–H groups in total. The van der Waals surface area contributed by atoms with Crippen LogP contribution in [0.4, 0.5) is 10.1 Å². The lowest BCUT2D eigenvalue weighted by molar-refractivity contribution is 0.102. The number of nitrogens with two attached hydrogens (primary N) is 1. The van der Waals surface area contributed by atoms with Crippen LogP contribution in [0.3, 0.4) is 0 Å². The zero-order valence-corrected chi connectivity index (χ0v) is 15.5. The highest BCUT2D eigenvalue weighted by Crippen LogP contribution is 2.37. The molecule has 1 aliphatic heterocycles. The van der Waals surface area contributed by atoms with Gasteiger partial charge in [0.25, 0.3) is 5.91 Å². The molecule has 8 heteroatoms. The van der Waals surface area contributed by atoms with E-state index in [1.54, 1.807) is 16.7 Å². The van der Waals surface area contributed by atoms with Crippen LogP contribution >= 0.6 is 11.8 Å². The predicted molar refractivity (Wildman–Crippen MR) is 106 cm³/mol. The third-order valence-electron chi connectivity index (χ3n) is 4.60. The van der Waals surface area contributed by atoms with Crippen molar-refractivity contribution in [3.05, 3.63) is 65.9 Å². The Balaban J connectivity index is 1.63. The number of nitrogens with one attached hydrogen (secondary N) is 1. The molecule has 0 saturated carbocycles. The van der Waals surface area contributed by atoms with Gasteiger partial charge in [0, 0.05) is 29.4 Å². The Bertz CT molecular complexity index is 1030. The number of amidine groups is 1. The van der Waals surface area contributed by atoms with E-state index in [2.05, 4.69) is 15.3 Å². The molecule has 1 aromatic carbocycles. The minimum atomic E-state index is -0.747. The van der Waals surface area contributed by atoms with Gasteiger partial charge in [-0.15, -0.1) is 0 Å². The van der Waals surface area contributed by atoms with Crippen LogP contribution in [0.25, 0.3) is 5.65 Å². The standard InChI is InChI=1S/C19H18FN5OS/c1-19(7-9-27-18(21)24-19)13-10-12(5-6-14(13)20)22-17(26)15-11-25-8-3-2-4-16(25)23-15/h2-6,8,10-11H,7,9H2,1H3,(H2,21,24)(H,22,26). The number of anilines is 1. The molecule has 4 rings (SSSR count). The Morgan fingerprint density at radius 1 is 1.37 bits per heavy atom. The molecule has 3 aromatic rings. The number of fused-ring (bicyclic) bond motifs is 1. The third kappa shape index (κ3) is 3.40. The topological polar surface area (TPSA) is 84.8 Å². The first-order chi connectivity index (χ1) is 12.9. The lowest BCUT2D eigenvalue weighted by Gasteiger charge is -2.30. The van der Waals surface area contributed by atoms with E-state index in [-0.39, 0.29) is 17.4 Å². The zero-order valence-electron chi connectivity index (χ0n) is 14.6. The molecule has 6 nitrogen and oxygen atoms in total. The molecule has 0 radical (unpaired) electrons. The minimum absolute atomic E-state index is 0.287. The molecular weight excluding hydrogens is 365 g/mol. The number of rotatable bonds is 3. The van der Waals surface area contributed by atoms with Gasteiger partial charge in [-0.25, -0.2) is 9.37 Å². The van der Waals surface area contributed by atoms with E-state index in [9.17, 15) is 9.18 Å². The Kier molecular flexibility index (Phi) is 4.35. The van der Waals surface area contributed by atoms with Gasteiger partial charge < -0.3 is 15.5 Å². The Labute approximate surface area is 159 Å². The van der Waals surface area contributed by atoms with E-state index in [1.807, 2.05) is 31.3 Å². The fourth-order valence-corrected chi connectivity index (χ4v) is 4.11. The summed E-state index contributed by atoms with van der Waals surface area (Å²) in [4.78, 5) is 21.3. The molecule has 1 atom stereocenters. The van der Waals surface area contributed by atoms with Gasteiger partial charge in [-0.2, -0.15) is 0 Å². The van der Waals surface area contributed by atoms with E-state index >= 15 is 0 Å². The summed E-state index contributed by atoms with van der Waals surface area (Å²) < 4.78 is 16.2. The van der Waals surface area contributed by atoms with Crippen LogP contribution in [0.15, 0.2) is 53.8 Å². The summed E-state index contributed by atoms with van der Waals surface area (Å²) in [7, 11) is 0. The van der Waals surface area contributed by atoms with E-state index < -0.39 is 5.54 Å². The fourth-order valence-electron chi connectivity index (χ4n) is 3.14. The highest BCUT2D eigenvalue weighted by atomic mass is 32.2. The molecule has 0 spiro atoms. The number of pyridine rings is 1. The summed E-state index contributed by atoms with van der Waals surface area (Å²) >= 11 is 1.46. The second-order valence-corrected chi connectivity index (χ2v) is 7.68. The molecule has 2 aromatic heterocycles. The average molecular weight is 383 g/mol. The number of thioether (sulfide) groups is 1. The number of aliphatic imine (C=N–C) groups is 1. The van der Waals surface area contributed by atoms with Crippen molar-refractivity contribution < 1.29 is 9.18 Å². The molecule has 0 bridgehead atoms. The lowest BCUT2D eigenvalue weighted by atomic mass is 9.89. The molecule has 0 fully saturated rings. The molecular formula is C19H18FN5OS. The zero-order chi connectivity index (χ0) is 19.0. The maximum atomic E-state index is 14.5. The molecule has 1 unspecified atom stereocenters. The molecule has 3 heterocycles. The smallest absolute Gasteiger partial charge is 0.275 e. The number of amides is 1. The molecule has 0 saturated heterocycles. The van der Waals surface area contributed by atoms with Crippen LogP contribution in [-0.4, -0.2) is 26.2 Å². The summed E-state index contributed by atoms with van der Waals surface area (Å²) in [6.07, 6.45) is 4.14. The van der Waals surface area contributed by atoms with Crippen molar-refractivity contribution in [1.82, 2.24) is 9.38 Å². The van der Waals surface area contributed by atoms with Gasteiger partial charge in [0.2, 0.25) is 0 Å². The second-order valence-electron chi connectivity index (χ2n) is 6.56. The first kappa shape index (κ1) is 17.5. The summed E-state index contributed by atoms with van der Waals surface area (Å²) in [5.74, 6) is 0.0404. The Morgan fingerprint density at radius 2 is 2.22 bits per heavy atom. The van der Waals surface area contributed by atoms with E-state index in [0.29, 0.717) is 28.5 Å². The van der Waals surface area contributed by atoms with Crippen LogP contribution in [0, 0.1) is 5.82 Å². The van der Waals surface area contributed by atoms with Crippen LogP contribution in [0.2, 0.25) is 0 Å². The third-order valence-corrected chi connectivity index (χ3v) is 5.39. The van der Waals surface area contributed by atoms with Gasteiger partial charge in [-0.3, -0.25) is 9.79 Å². The monoisotopic (exact) mass is 383 g/mol. The first-order valence-corrected chi connectivity index (χ1v) is 9.46. The van der Waals surface area contributed by atoms with Crippen molar-refractivity contribution in [3.8, 4) is 0 Å². The van der Waals surface area contributed by atoms with Crippen LogP contribution < -0.4 is 11.1 Å². The molecule has 27 heavy (non-hydrogen) atoms. The first-order valence-electron chi connectivity index (χ1n) is 8.48. The number of hydrogen-bond acceptors (Lipinski definition) is 5. The quantitative estimate of drug-likeness (QED) is 0.726. The lowest BCUT2D eigenvalue weighted by Crippen LogP contribution is -2.29. The molecule has 0 aliphatic carbocycles. The van der Waals surface area contributed by atoms with Crippen LogP contribution in [0.1, 0.15) is 29.4 Å².